The number of fused-ring (bicyclic) bond motifs is 1. The molecule has 2 N–H and O–H groups in total. The summed E-state index contributed by atoms with van der Waals surface area (Å²) in [6.07, 6.45) is 0.497. The molecular weight excluding hydrogens is 311 g/mol. The second-order valence-corrected chi connectivity index (χ2v) is 6.32. The lowest BCUT2D eigenvalue weighted by atomic mass is 9.90. The molecule has 0 spiro atoms. The first-order valence-electron chi connectivity index (χ1n) is 7.71. The second-order valence-electron chi connectivity index (χ2n) is 5.91. The molecule has 120 valence electrons. The van der Waals surface area contributed by atoms with Gasteiger partial charge in [-0.15, -0.1) is 0 Å². The number of aromatic nitrogens is 1. The number of nitrogens with two attached hydrogens (primary N) is 1. The molecule has 4 heteroatoms. The van der Waals surface area contributed by atoms with E-state index in [2.05, 4.69) is 23.6 Å². The molecule has 0 aliphatic carbocycles. The maximum atomic E-state index is 14.2. The first-order chi connectivity index (χ1) is 11.0. The van der Waals surface area contributed by atoms with E-state index >= 15 is 0 Å². The van der Waals surface area contributed by atoms with Crippen molar-refractivity contribution in [2.45, 2.75) is 19.3 Å². The minimum atomic E-state index is -0.270. The molecule has 23 heavy (non-hydrogen) atoms. The highest BCUT2D eigenvalue weighted by atomic mass is 35.5. The molecule has 0 saturated carbocycles. The van der Waals surface area contributed by atoms with Crippen LogP contribution in [0.1, 0.15) is 22.7 Å². The molecule has 0 radical (unpaired) electrons. The average Bonchev–Trinajstić information content (AvgIpc) is 2.80. The van der Waals surface area contributed by atoms with Crippen molar-refractivity contribution in [3.63, 3.8) is 0 Å². The van der Waals surface area contributed by atoms with Gasteiger partial charge in [0, 0.05) is 40.1 Å². The smallest absolute Gasteiger partial charge is 0.127 e. The van der Waals surface area contributed by atoms with E-state index in [9.17, 15) is 4.39 Å². The lowest BCUT2D eigenvalue weighted by Gasteiger charge is -2.17. The van der Waals surface area contributed by atoms with Crippen molar-refractivity contribution in [1.82, 2.24) is 4.57 Å². The monoisotopic (exact) mass is 330 g/mol. The zero-order valence-corrected chi connectivity index (χ0v) is 14.1. The van der Waals surface area contributed by atoms with Gasteiger partial charge in [-0.1, -0.05) is 35.9 Å². The van der Waals surface area contributed by atoms with Crippen LogP contribution in [0.15, 0.2) is 42.5 Å². The first-order valence-corrected chi connectivity index (χ1v) is 8.09. The number of halogens is 2. The van der Waals surface area contributed by atoms with E-state index in [1.807, 2.05) is 19.2 Å². The van der Waals surface area contributed by atoms with E-state index in [-0.39, 0.29) is 11.7 Å². The van der Waals surface area contributed by atoms with E-state index in [1.54, 1.807) is 12.1 Å². The van der Waals surface area contributed by atoms with Crippen molar-refractivity contribution in [1.29, 1.82) is 0 Å². The normalized spacial score (nSPS) is 12.7. The fraction of sp³-hybridized carbons (Fsp3) is 0.263. The summed E-state index contributed by atoms with van der Waals surface area (Å²) in [7, 11) is 2.05. The lowest BCUT2D eigenvalue weighted by Crippen LogP contribution is -2.17. The van der Waals surface area contributed by atoms with E-state index in [1.165, 1.54) is 17.0 Å². The Morgan fingerprint density at radius 1 is 1.17 bits per heavy atom. The van der Waals surface area contributed by atoms with Crippen LogP contribution in [0.3, 0.4) is 0 Å². The zero-order valence-electron chi connectivity index (χ0n) is 13.3. The molecule has 0 aliphatic heterocycles. The minimum Gasteiger partial charge on any atom is -0.348 e. The van der Waals surface area contributed by atoms with Gasteiger partial charge in [0.15, 0.2) is 0 Å². The molecule has 0 fully saturated rings. The maximum Gasteiger partial charge on any atom is 0.127 e. The van der Waals surface area contributed by atoms with Crippen LogP contribution in [0.25, 0.3) is 10.9 Å². The van der Waals surface area contributed by atoms with Gasteiger partial charge in [-0.05, 0) is 43.7 Å². The molecule has 0 bridgehead atoms. The number of aryl methyl sites for hydroxylation is 1. The Balaban J connectivity index is 2.11. The molecule has 1 atom stereocenters. The fourth-order valence-corrected chi connectivity index (χ4v) is 3.58. The summed E-state index contributed by atoms with van der Waals surface area (Å²) in [6, 6.07) is 13.0. The topological polar surface area (TPSA) is 30.9 Å². The standard InChI is InChI=1S/C19H20ClFN2/c1-12-19(14-6-3-4-9-18(14)23(12)2)13(11-22)10-15-16(20)7-5-8-17(15)21/h3-9,13H,10-11,22H2,1-2H3. The number of hydrogen-bond donors (Lipinski definition) is 1. The van der Waals surface area contributed by atoms with Crippen LogP contribution in [0.5, 0.6) is 0 Å². The third-order valence-electron chi connectivity index (χ3n) is 4.65. The minimum absolute atomic E-state index is 0.0236. The van der Waals surface area contributed by atoms with E-state index in [4.69, 9.17) is 17.3 Å². The summed E-state index contributed by atoms with van der Waals surface area (Å²) in [4.78, 5) is 0. The molecule has 1 aromatic heterocycles. The molecule has 2 nitrogen and oxygen atoms in total. The van der Waals surface area contributed by atoms with Gasteiger partial charge in [0.05, 0.1) is 0 Å². The van der Waals surface area contributed by atoms with Gasteiger partial charge in [-0.2, -0.15) is 0 Å². The highest BCUT2D eigenvalue weighted by Crippen LogP contribution is 2.34. The van der Waals surface area contributed by atoms with Crippen molar-refractivity contribution in [3.8, 4) is 0 Å². The Morgan fingerprint density at radius 2 is 1.91 bits per heavy atom. The van der Waals surface area contributed by atoms with Crippen LogP contribution < -0.4 is 5.73 Å². The molecule has 0 saturated heterocycles. The molecule has 3 rings (SSSR count). The highest BCUT2D eigenvalue weighted by Gasteiger charge is 2.22. The zero-order chi connectivity index (χ0) is 16.6. The Morgan fingerprint density at radius 3 is 2.61 bits per heavy atom. The molecular formula is C19H20ClFN2. The van der Waals surface area contributed by atoms with E-state index in [0.717, 1.165) is 11.2 Å². The van der Waals surface area contributed by atoms with Crippen molar-refractivity contribution in [2.75, 3.05) is 6.54 Å². The number of rotatable bonds is 4. The SMILES string of the molecule is Cc1c(C(CN)Cc2c(F)cccc2Cl)c2ccccc2n1C. The summed E-state index contributed by atoms with van der Waals surface area (Å²) in [5.74, 6) is -0.246. The predicted molar refractivity (Wildman–Crippen MR) is 94.6 cm³/mol. The second kappa shape index (κ2) is 6.34. The summed E-state index contributed by atoms with van der Waals surface area (Å²) < 4.78 is 16.3. The molecule has 0 aliphatic rings. The van der Waals surface area contributed by atoms with Crippen LogP contribution >= 0.6 is 11.6 Å². The highest BCUT2D eigenvalue weighted by molar-refractivity contribution is 6.31. The van der Waals surface area contributed by atoms with Crippen molar-refractivity contribution < 1.29 is 4.39 Å². The number of nitrogens with zero attached hydrogens (tertiary/aromatic N) is 1. The average molecular weight is 331 g/mol. The van der Waals surface area contributed by atoms with Crippen LogP contribution in [-0.2, 0) is 13.5 Å². The van der Waals surface area contributed by atoms with Crippen LogP contribution in [0.4, 0.5) is 4.39 Å². The van der Waals surface area contributed by atoms with Gasteiger partial charge >= 0.3 is 0 Å². The van der Waals surface area contributed by atoms with Gasteiger partial charge in [-0.3, -0.25) is 0 Å². The van der Waals surface area contributed by atoms with Gasteiger partial charge in [-0.25, -0.2) is 4.39 Å². The summed E-state index contributed by atoms with van der Waals surface area (Å²) >= 11 is 6.20. The van der Waals surface area contributed by atoms with Crippen LogP contribution in [-0.4, -0.2) is 11.1 Å². The van der Waals surface area contributed by atoms with Crippen LogP contribution in [0.2, 0.25) is 5.02 Å². The Labute approximate surface area is 140 Å². The van der Waals surface area contributed by atoms with Crippen LogP contribution in [0, 0.1) is 12.7 Å². The first kappa shape index (κ1) is 16.0. The van der Waals surface area contributed by atoms with Gasteiger partial charge in [0.2, 0.25) is 0 Å². The largest absolute Gasteiger partial charge is 0.348 e. The number of benzene rings is 2. The fourth-order valence-electron chi connectivity index (χ4n) is 3.34. The van der Waals surface area contributed by atoms with Gasteiger partial charge < -0.3 is 10.3 Å². The van der Waals surface area contributed by atoms with E-state index in [0.29, 0.717) is 23.6 Å². The van der Waals surface area contributed by atoms with E-state index < -0.39 is 0 Å². The third kappa shape index (κ3) is 2.75. The van der Waals surface area contributed by atoms with Crippen molar-refractivity contribution in [2.24, 2.45) is 12.8 Å². The number of hydrogen-bond acceptors (Lipinski definition) is 1. The Hall–Kier alpha value is -1.84. The van der Waals surface area contributed by atoms with Gasteiger partial charge in [0.1, 0.15) is 5.82 Å². The molecule has 2 aromatic carbocycles. The molecule has 1 heterocycles. The summed E-state index contributed by atoms with van der Waals surface area (Å²) in [5.41, 5.74) is 10.1. The lowest BCUT2D eigenvalue weighted by molar-refractivity contribution is 0.590. The summed E-state index contributed by atoms with van der Waals surface area (Å²) in [6.45, 7) is 2.53. The van der Waals surface area contributed by atoms with Gasteiger partial charge in [0.25, 0.3) is 0 Å². The molecule has 3 aromatic rings. The summed E-state index contributed by atoms with van der Waals surface area (Å²) in [5, 5.41) is 1.64. The maximum absolute atomic E-state index is 14.2. The quantitative estimate of drug-likeness (QED) is 0.746. The number of para-hydroxylation sites is 1. The third-order valence-corrected chi connectivity index (χ3v) is 5.01. The van der Waals surface area contributed by atoms with Crippen molar-refractivity contribution >= 4 is 22.5 Å². The Bertz CT molecular complexity index is 834. The molecule has 1 unspecified atom stereocenters. The predicted octanol–water partition coefficient (Wildman–Crippen LogP) is 4.56. The molecule has 0 amide bonds. The Kier molecular flexibility index (Phi) is 4.42. The van der Waals surface area contributed by atoms with Crippen molar-refractivity contribution in [3.05, 3.63) is 70.1 Å².